The minimum absolute atomic E-state index is 0.0314. The Morgan fingerprint density at radius 1 is 1.50 bits per heavy atom. The molecule has 0 aliphatic carbocycles. The molecular weight excluding hydrogens is 236 g/mol. The number of aliphatic hydroxyl groups excluding tert-OH is 1. The van der Waals surface area contributed by atoms with Gasteiger partial charge < -0.3 is 10.4 Å². The van der Waals surface area contributed by atoms with Crippen LogP contribution in [0.4, 0.5) is 5.69 Å². The maximum atomic E-state index is 11.8. The van der Waals surface area contributed by atoms with Crippen LogP contribution in [0.25, 0.3) is 0 Å². The third-order valence-electron chi connectivity index (χ3n) is 2.82. The van der Waals surface area contributed by atoms with E-state index in [0.29, 0.717) is 0 Å². The molecule has 1 amide bonds. The maximum Gasteiger partial charge on any atom is 0.270 e. The molecule has 0 saturated carbocycles. The van der Waals surface area contributed by atoms with Gasteiger partial charge in [0.25, 0.3) is 11.6 Å². The lowest BCUT2D eigenvalue weighted by Crippen LogP contribution is -2.38. The van der Waals surface area contributed by atoms with Gasteiger partial charge in [0.15, 0.2) is 0 Å². The number of amides is 1. The van der Waals surface area contributed by atoms with Crippen LogP contribution in [-0.2, 0) is 0 Å². The first kappa shape index (κ1) is 14.1. The van der Waals surface area contributed by atoms with E-state index in [0.717, 1.165) is 0 Å². The van der Waals surface area contributed by atoms with Crippen LogP contribution in [0.5, 0.6) is 0 Å². The lowest BCUT2D eigenvalue weighted by molar-refractivity contribution is -0.384. The van der Waals surface area contributed by atoms with Gasteiger partial charge in [0, 0.05) is 30.3 Å². The molecule has 0 aliphatic heterocycles. The Hall–Kier alpha value is -1.95. The first-order valence-electron chi connectivity index (χ1n) is 5.62. The van der Waals surface area contributed by atoms with E-state index in [-0.39, 0.29) is 35.7 Å². The number of non-ortho nitro benzene ring substituents is 1. The number of carbonyl (C=O) groups excluding carboxylic acids is 1. The van der Waals surface area contributed by atoms with Gasteiger partial charge in [-0.05, 0) is 18.9 Å². The second-order valence-corrected chi connectivity index (χ2v) is 4.23. The SMILES string of the molecule is CC(CO)C(C)NC(=O)c1cccc([N+](=O)[O-])c1. The largest absolute Gasteiger partial charge is 0.396 e. The molecule has 1 aromatic rings. The van der Waals surface area contributed by atoms with Crippen LogP contribution in [0.3, 0.4) is 0 Å². The fourth-order valence-corrected chi connectivity index (χ4v) is 1.35. The Morgan fingerprint density at radius 3 is 2.72 bits per heavy atom. The van der Waals surface area contributed by atoms with Crippen LogP contribution in [-0.4, -0.2) is 28.6 Å². The normalized spacial score (nSPS) is 13.7. The van der Waals surface area contributed by atoms with E-state index >= 15 is 0 Å². The summed E-state index contributed by atoms with van der Waals surface area (Å²) in [5.41, 5.74) is 0.117. The molecule has 98 valence electrons. The van der Waals surface area contributed by atoms with Crippen molar-refractivity contribution in [1.29, 1.82) is 0 Å². The highest BCUT2D eigenvalue weighted by atomic mass is 16.6. The summed E-state index contributed by atoms with van der Waals surface area (Å²) >= 11 is 0. The highest BCUT2D eigenvalue weighted by Crippen LogP contribution is 2.13. The average Bonchev–Trinajstić information content (AvgIpc) is 2.37. The Labute approximate surface area is 105 Å². The third kappa shape index (κ3) is 3.53. The molecule has 0 aliphatic rings. The minimum Gasteiger partial charge on any atom is -0.396 e. The molecule has 0 bridgehead atoms. The summed E-state index contributed by atoms with van der Waals surface area (Å²) in [7, 11) is 0. The summed E-state index contributed by atoms with van der Waals surface area (Å²) in [5, 5.41) is 22.2. The Balaban J connectivity index is 2.78. The highest BCUT2D eigenvalue weighted by Gasteiger charge is 2.16. The van der Waals surface area contributed by atoms with E-state index in [1.807, 2.05) is 0 Å². The number of carbonyl (C=O) groups is 1. The van der Waals surface area contributed by atoms with Crippen LogP contribution < -0.4 is 5.32 Å². The number of benzene rings is 1. The number of nitrogens with one attached hydrogen (secondary N) is 1. The number of nitro benzene ring substituents is 1. The number of rotatable bonds is 5. The van der Waals surface area contributed by atoms with Crippen molar-refractivity contribution >= 4 is 11.6 Å². The first-order valence-corrected chi connectivity index (χ1v) is 5.62. The molecule has 0 spiro atoms. The molecule has 0 fully saturated rings. The van der Waals surface area contributed by atoms with Crippen LogP contribution in [0.2, 0.25) is 0 Å². The summed E-state index contributed by atoms with van der Waals surface area (Å²) in [4.78, 5) is 21.9. The quantitative estimate of drug-likeness (QED) is 0.611. The molecule has 6 nitrogen and oxygen atoms in total. The molecule has 2 atom stereocenters. The molecule has 1 aromatic carbocycles. The zero-order chi connectivity index (χ0) is 13.7. The Bertz CT molecular complexity index is 447. The standard InChI is InChI=1S/C12H16N2O4/c1-8(7-15)9(2)13-12(16)10-4-3-5-11(6-10)14(17)18/h3-6,8-9,15H,7H2,1-2H3,(H,13,16). The molecule has 2 N–H and O–H groups in total. The molecule has 0 aromatic heterocycles. The van der Waals surface area contributed by atoms with Gasteiger partial charge in [-0.15, -0.1) is 0 Å². The van der Waals surface area contributed by atoms with Gasteiger partial charge in [0.2, 0.25) is 0 Å². The summed E-state index contributed by atoms with van der Waals surface area (Å²) in [6.07, 6.45) is 0. The summed E-state index contributed by atoms with van der Waals surface area (Å²) < 4.78 is 0. The monoisotopic (exact) mass is 252 g/mol. The van der Waals surface area contributed by atoms with E-state index in [1.165, 1.54) is 24.3 Å². The smallest absolute Gasteiger partial charge is 0.270 e. The van der Waals surface area contributed by atoms with E-state index in [9.17, 15) is 14.9 Å². The van der Waals surface area contributed by atoms with Crippen molar-refractivity contribution in [2.24, 2.45) is 5.92 Å². The van der Waals surface area contributed by atoms with Gasteiger partial charge in [-0.3, -0.25) is 14.9 Å². The fraction of sp³-hybridized carbons (Fsp3) is 0.417. The van der Waals surface area contributed by atoms with Crippen LogP contribution in [0.15, 0.2) is 24.3 Å². The number of aliphatic hydroxyl groups is 1. The van der Waals surface area contributed by atoms with Gasteiger partial charge in [-0.1, -0.05) is 13.0 Å². The average molecular weight is 252 g/mol. The molecule has 6 heteroatoms. The van der Waals surface area contributed by atoms with Gasteiger partial charge in [-0.25, -0.2) is 0 Å². The summed E-state index contributed by atoms with van der Waals surface area (Å²) in [6, 6.07) is 5.33. The fourth-order valence-electron chi connectivity index (χ4n) is 1.35. The van der Waals surface area contributed by atoms with Gasteiger partial charge >= 0.3 is 0 Å². The summed E-state index contributed by atoms with van der Waals surface area (Å²) in [5.74, 6) is -0.459. The number of nitrogens with zero attached hydrogens (tertiary/aromatic N) is 1. The minimum atomic E-state index is -0.545. The summed E-state index contributed by atoms with van der Waals surface area (Å²) in [6.45, 7) is 3.55. The van der Waals surface area contributed by atoms with Gasteiger partial charge in [-0.2, -0.15) is 0 Å². The Morgan fingerprint density at radius 2 is 2.17 bits per heavy atom. The molecule has 2 unspecified atom stereocenters. The lowest BCUT2D eigenvalue weighted by Gasteiger charge is -2.19. The highest BCUT2D eigenvalue weighted by molar-refractivity contribution is 5.94. The molecular formula is C12H16N2O4. The second kappa shape index (κ2) is 6.11. The van der Waals surface area contributed by atoms with E-state index in [2.05, 4.69) is 5.32 Å². The number of hydrogen-bond donors (Lipinski definition) is 2. The molecule has 0 heterocycles. The molecule has 0 saturated heterocycles. The topological polar surface area (TPSA) is 92.5 Å². The van der Waals surface area contributed by atoms with Crippen LogP contribution in [0, 0.1) is 16.0 Å². The van der Waals surface area contributed by atoms with Gasteiger partial charge in [0.05, 0.1) is 4.92 Å². The first-order chi connectivity index (χ1) is 8.45. The van der Waals surface area contributed by atoms with Crippen molar-refractivity contribution in [2.75, 3.05) is 6.61 Å². The van der Waals surface area contributed by atoms with Crippen molar-refractivity contribution in [3.8, 4) is 0 Å². The molecule has 1 rings (SSSR count). The Kier molecular flexibility index (Phi) is 4.79. The second-order valence-electron chi connectivity index (χ2n) is 4.23. The van der Waals surface area contributed by atoms with Crippen molar-refractivity contribution in [1.82, 2.24) is 5.32 Å². The predicted octanol–water partition coefficient (Wildman–Crippen LogP) is 1.34. The lowest BCUT2D eigenvalue weighted by atomic mass is 10.0. The van der Waals surface area contributed by atoms with E-state index in [1.54, 1.807) is 13.8 Å². The zero-order valence-corrected chi connectivity index (χ0v) is 10.3. The maximum absolute atomic E-state index is 11.8. The van der Waals surface area contributed by atoms with Crippen molar-refractivity contribution in [3.63, 3.8) is 0 Å². The van der Waals surface area contributed by atoms with Crippen molar-refractivity contribution in [2.45, 2.75) is 19.9 Å². The number of nitro groups is 1. The molecule has 18 heavy (non-hydrogen) atoms. The van der Waals surface area contributed by atoms with Crippen molar-refractivity contribution in [3.05, 3.63) is 39.9 Å². The van der Waals surface area contributed by atoms with E-state index < -0.39 is 4.92 Å². The van der Waals surface area contributed by atoms with E-state index in [4.69, 9.17) is 5.11 Å². The van der Waals surface area contributed by atoms with Gasteiger partial charge in [0.1, 0.15) is 0 Å². The third-order valence-corrected chi connectivity index (χ3v) is 2.82. The van der Waals surface area contributed by atoms with Crippen LogP contribution >= 0.6 is 0 Å². The van der Waals surface area contributed by atoms with Crippen molar-refractivity contribution < 1.29 is 14.8 Å². The predicted molar refractivity (Wildman–Crippen MR) is 66.3 cm³/mol. The number of hydrogen-bond acceptors (Lipinski definition) is 4. The van der Waals surface area contributed by atoms with Crippen LogP contribution in [0.1, 0.15) is 24.2 Å². The molecule has 0 radical (unpaired) electrons. The zero-order valence-electron chi connectivity index (χ0n) is 10.3.